The lowest BCUT2D eigenvalue weighted by atomic mass is 10.1. The number of hydrogen-bond donors (Lipinski definition) is 0. The molecule has 0 atom stereocenters. The van der Waals surface area contributed by atoms with Gasteiger partial charge in [-0.1, -0.05) is 46.3 Å². The van der Waals surface area contributed by atoms with Gasteiger partial charge in [-0.3, -0.25) is 9.10 Å². The minimum atomic E-state index is -3.65. The Balaban J connectivity index is 2.36. The number of alkyl halides is 2. The quantitative estimate of drug-likeness (QED) is 0.509. The third-order valence-corrected chi connectivity index (χ3v) is 5.87. The summed E-state index contributed by atoms with van der Waals surface area (Å²) in [7, 11) is -3.65. The molecule has 7 heteroatoms. The molecule has 0 radical (unpaired) electrons. The number of carbonyl (C=O) groups is 1. The normalized spacial score (nSPS) is 11.2. The number of rotatable bonds is 7. The largest absolute Gasteiger partial charge is 0.293 e. The summed E-state index contributed by atoms with van der Waals surface area (Å²) >= 11 is 8.73. The molecule has 122 valence electrons. The Kier molecular flexibility index (Phi) is 6.21. The van der Waals surface area contributed by atoms with Gasteiger partial charge in [-0.25, -0.2) is 8.42 Å². The van der Waals surface area contributed by atoms with Crippen LogP contribution in [-0.4, -0.2) is 24.7 Å². The summed E-state index contributed by atoms with van der Waals surface area (Å²) in [5, 5.41) is -0.290. The molecule has 0 fully saturated rings. The van der Waals surface area contributed by atoms with Gasteiger partial charge in [0.25, 0.3) is 0 Å². The van der Waals surface area contributed by atoms with Crippen molar-refractivity contribution in [1.82, 2.24) is 0 Å². The van der Waals surface area contributed by atoms with Crippen molar-refractivity contribution in [3.8, 4) is 0 Å². The van der Waals surface area contributed by atoms with E-state index in [1.807, 2.05) is 30.3 Å². The highest BCUT2D eigenvalue weighted by molar-refractivity contribution is 9.09. The van der Waals surface area contributed by atoms with Gasteiger partial charge in [0.1, 0.15) is 5.21 Å². The van der Waals surface area contributed by atoms with Crippen LogP contribution in [0.5, 0.6) is 0 Å². The second-order valence-electron chi connectivity index (χ2n) is 4.82. The molecule has 0 aliphatic heterocycles. The van der Waals surface area contributed by atoms with Gasteiger partial charge in [-0.05, 0) is 29.8 Å². The van der Waals surface area contributed by atoms with Crippen LogP contribution in [0.3, 0.4) is 0 Å². The van der Waals surface area contributed by atoms with E-state index in [0.717, 1.165) is 5.56 Å². The van der Waals surface area contributed by atoms with Crippen LogP contribution < -0.4 is 4.31 Å². The van der Waals surface area contributed by atoms with Crippen molar-refractivity contribution in [3.05, 3.63) is 65.7 Å². The van der Waals surface area contributed by atoms with Gasteiger partial charge in [0.2, 0.25) is 10.0 Å². The number of sulfonamides is 1. The Hall–Kier alpha value is -1.37. The summed E-state index contributed by atoms with van der Waals surface area (Å²) in [4.78, 5) is 11.6. The highest BCUT2D eigenvalue weighted by Crippen LogP contribution is 2.23. The lowest BCUT2D eigenvalue weighted by Gasteiger charge is -2.23. The predicted molar refractivity (Wildman–Crippen MR) is 96.8 cm³/mol. The number of nitrogens with zero attached hydrogens (tertiary/aromatic N) is 1. The maximum atomic E-state index is 12.3. The highest BCUT2D eigenvalue weighted by Gasteiger charge is 2.22. The number of ketones is 1. The zero-order chi connectivity index (χ0) is 16.9. The Bertz CT molecular complexity index is 764. The van der Waals surface area contributed by atoms with E-state index in [4.69, 9.17) is 11.6 Å². The van der Waals surface area contributed by atoms with Gasteiger partial charge in [-0.15, -0.1) is 11.6 Å². The first kappa shape index (κ1) is 18.0. The number of benzene rings is 2. The molecule has 2 aromatic rings. The molecule has 4 nitrogen and oxygen atoms in total. The Labute approximate surface area is 149 Å². The van der Waals surface area contributed by atoms with Gasteiger partial charge in [-0.2, -0.15) is 0 Å². The second-order valence-corrected chi connectivity index (χ2v) is 7.86. The predicted octanol–water partition coefficient (Wildman–Crippen LogP) is 3.80. The Morgan fingerprint density at radius 1 is 1.04 bits per heavy atom. The molecule has 0 saturated carbocycles. The fraction of sp³-hybridized carbons (Fsp3) is 0.188. The minimum absolute atomic E-state index is 0.0636. The summed E-state index contributed by atoms with van der Waals surface area (Å²) in [5.74, 6) is -0.0636. The molecule has 0 N–H and O–H groups in total. The van der Waals surface area contributed by atoms with E-state index in [1.165, 1.54) is 4.31 Å². The van der Waals surface area contributed by atoms with Crippen LogP contribution in [0.15, 0.2) is 54.6 Å². The first-order valence-corrected chi connectivity index (χ1v) is 10.0. The van der Waals surface area contributed by atoms with Crippen LogP contribution in [-0.2, 0) is 16.6 Å². The molecule has 0 aliphatic carbocycles. The fourth-order valence-electron chi connectivity index (χ4n) is 2.05. The van der Waals surface area contributed by atoms with Crippen molar-refractivity contribution in [2.75, 3.05) is 14.8 Å². The van der Waals surface area contributed by atoms with E-state index in [1.54, 1.807) is 24.3 Å². The van der Waals surface area contributed by atoms with Crippen molar-refractivity contribution in [1.29, 1.82) is 0 Å². The topological polar surface area (TPSA) is 54.5 Å². The van der Waals surface area contributed by atoms with Crippen LogP contribution in [0.2, 0.25) is 0 Å². The fourth-order valence-corrected chi connectivity index (χ4v) is 3.63. The van der Waals surface area contributed by atoms with Crippen molar-refractivity contribution in [2.45, 2.75) is 6.54 Å². The lowest BCUT2D eigenvalue weighted by molar-refractivity contribution is 0.102. The molecular formula is C16H15BrClNO3S. The number of hydrogen-bond acceptors (Lipinski definition) is 3. The minimum Gasteiger partial charge on any atom is -0.293 e. The average molecular weight is 417 g/mol. The Morgan fingerprint density at radius 2 is 1.65 bits per heavy atom. The van der Waals surface area contributed by atoms with E-state index >= 15 is 0 Å². The highest BCUT2D eigenvalue weighted by atomic mass is 79.9. The number of anilines is 1. The second kappa shape index (κ2) is 7.95. The number of halogens is 2. The van der Waals surface area contributed by atoms with E-state index < -0.39 is 15.2 Å². The van der Waals surface area contributed by atoms with Crippen molar-refractivity contribution < 1.29 is 13.2 Å². The Morgan fingerprint density at radius 3 is 2.17 bits per heavy atom. The summed E-state index contributed by atoms with van der Waals surface area (Å²) in [6.07, 6.45) is 0. The van der Waals surface area contributed by atoms with Gasteiger partial charge in [0.15, 0.2) is 5.78 Å². The van der Waals surface area contributed by atoms with E-state index in [2.05, 4.69) is 15.9 Å². The van der Waals surface area contributed by atoms with Crippen molar-refractivity contribution in [3.63, 3.8) is 0 Å². The molecule has 2 aromatic carbocycles. The third-order valence-electron chi connectivity index (χ3n) is 3.24. The molecule has 2 rings (SSSR count). The number of Topliss-reactive ketones (excluding diaryl/α,β-unsaturated/α-hetero) is 1. The summed E-state index contributed by atoms with van der Waals surface area (Å²) in [6.45, 7) is 0.182. The molecular weight excluding hydrogens is 402 g/mol. The molecule has 0 aliphatic rings. The molecule has 0 unspecified atom stereocenters. The smallest absolute Gasteiger partial charge is 0.249 e. The van der Waals surface area contributed by atoms with Crippen molar-refractivity contribution in [2.24, 2.45) is 0 Å². The maximum absolute atomic E-state index is 12.3. The molecule has 23 heavy (non-hydrogen) atoms. The molecule has 0 heterocycles. The standard InChI is InChI=1S/C16H15BrClNO3S/c17-10-16(20)14-6-8-15(9-7-14)19(23(21,22)12-18)11-13-4-2-1-3-5-13/h1-9H,10-12H2. The van der Waals surface area contributed by atoms with E-state index in [9.17, 15) is 13.2 Å². The lowest BCUT2D eigenvalue weighted by Crippen LogP contribution is -2.31. The van der Waals surface area contributed by atoms with Crippen LogP contribution in [0, 0.1) is 0 Å². The van der Waals surface area contributed by atoms with E-state index in [0.29, 0.717) is 11.3 Å². The van der Waals surface area contributed by atoms with Crippen LogP contribution >= 0.6 is 27.5 Å². The van der Waals surface area contributed by atoms with Gasteiger partial charge < -0.3 is 0 Å². The SMILES string of the molecule is O=C(CBr)c1ccc(N(Cc2ccccc2)S(=O)(=O)CCl)cc1. The van der Waals surface area contributed by atoms with Crippen LogP contribution in [0.25, 0.3) is 0 Å². The summed E-state index contributed by atoms with van der Waals surface area (Å²) in [6, 6.07) is 15.7. The molecule has 0 amide bonds. The number of carbonyl (C=O) groups excluding carboxylic acids is 1. The average Bonchev–Trinajstić information content (AvgIpc) is 2.60. The van der Waals surface area contributed by atoms with Crippen LogP contribution in [0.4, 0.5) is 5.69 Å². The van der Waals surface area contributed by atoms with Gasteiger partial charge in [0.05, 0.1) is 17.6 Å². The summed E-state index contributed by atoms with van der Waals surface area (Å²) < 4.78 is 25.8. The van der Waals surface area contributed by atoms with Crippen LogP contribution in [0.1, 0.15) is 15.9 Å². The molecule has 0 bridgehead atoms. The monoisotopic (exact) mass is 415 g/mol. The van der Waals surface area contributed by atoms with Crippen molar-refractivity contribution >= 4 is 49.0 Å². The molecule has 0 aromatic heterocycles. The molecule has 0 spiro atoms. The summed E-state index contributed by atoms with van der Waals surface area (Å²) in [5.41, 5.74) is 1.84. The zero-order valence-electron chi connectivity index (χ0n) is 12.2. The third kappa shape index (κ3) is 4.56. The first-order chi connectivity index (χ1) is 11.0. The first-order valence-electron chi connectivity index (χ1n) is 6.77. The zero-order valence-corrected chi connectivity index (χ0v) is 15.3. The molecule has 0 saturated heterocycles. The van der Waals surface area contributed by atoms with E-state index in [-0.39, 0.29) is 17.7 Å². The van der Waals surface area contributed by atoms with Gasteiger partial charge >= 0.3 is 0 Å². The maximum Gasteiger partial charge on any atom is 0.249 e. The van der Waals surface area contributed by atoms with Gasteiger partial charge in [0, 0.05) is 5.56 Å².